The van der Waals surface area contributed by atoms with Crippen molar-refractivity contribution in [2.45, 2.75) is 0 Å². The van der Waals surface area contributed by atoms with E-state index in [0.717, 1.165) is 0 Å². The molecule has 80 valence electrons. The summed E-state index contributed by atoms with van der Waals surface area (Å²) in [5.74, 6) is -0.197. The molecule has 1 aromatic rings. The van der Waals surface area contributed by atoms with E-state index in [-0.39, 0.29) is 5.82 Å². The molecule has 1 heterocycles. The van der Waals surface area contributed by atoms with Crippen LogP contribution in [0.25, 0.3) is 6.08 Å². The van der Waals surface area contributed by atoms with Gasteiger partial charge in [-0.25, -0.2) is 0 Å². The molecule has 0 atom stereocenters. The number of rotatable bonds is 3. The van der Waals surface area contributed by atoms with E-state index < -0.39 is 4.92 Å². The van der Waals surface area contributed by atoms with Gasteiger partial charge in [-0.1, -0.05) is 11.6 Å². The van der Waals surface area contributed by atoms with Gasteiger partial charge in [-0.2, -0.15) is 0 Å². The Morgan fingerprint density at radius 1 is 1.60 bits per heavy atom. The fraction of sp³-hybridized carbons (Fsp3) is 0.222. The zero-order valence-corrected chi connectivity index (χ0v) is 9.10. The topological polar surface area (TPSA) is 59.3 Å². The zero-order chi connectivity index (χ0) is 11.4. The molecular weight excluding hydrogens is 218 g/mol. The van der Waals surface area contributed by atoms with Gasteiger partial charge in [0, 0.05) is 14.1 Å². The molecule has 0 aliphatic heterocycles. The average molecular weight is 228 g/mol. The molecule has 1 rings (SSSR count). The van der Waals surface area contributed by atoms with Crippen LogP contribution in [0.15, 0.2) is 18.5 Å². The van der Waals surface area contributed by atoms with E-state index in [1.807, 2.05) is 14.1 Å². The molecule has 0 spiro atoms. The summed E-state index contributed by atoms with van der Waals surface area (Å²) in [5.41, 5.74) is 0.390. The van der Waals surface area contributed by atoms with Gasteiger partial charge < -0.3 is 15.0 Å². The Kier molecular flexibility index (Phi) is 3.62. The van der Waals surface area contributed by atoms with Crippen LogP contribution in [-0.2, 0) is 0 Å². The molecule has 0 saturated carbocycles. The molecule has 6 heteroatoms. The first-order valence-electron chi connectivity index (χ1n) is 4.15. The van der Waals surface area contributed by atoms with Crippen molar-refractivity contribution in [3.63, 3.8) is 0 Å². The van der Waals surface area contributed by atoms with E-state index in [1.54, 1.807) is 17.2 Å². The van der Waals surface area contributed by atoms with Crippen molar-refractivity contribution in [3.05, 3.63) is 39.2 Å². The van der Waals surface area contributed by atoms with Gasteiger partial charge in [-0.05, 0) is 28.2 Å². The molecule has 0 saturated heterocycles. The predicted molar refractivity (Wildman–Crippen MR) is 58.6 cm³/mol. The van der Waals surface area contributed by atoms with Gasteiger partial charge in [0.15, 0.2) is 6.20 Å². The van der Waals surface area contributed by atoms with Crippen molar-refractivity contribution in [3.8, 4) is 0 Å². The minimum absolute atomic E-state index is 0.197. The molecule has 0 fully saturated rings. The maximum absolute atomic E-state index is 10.6. The Bertz CT molecular complexity index is 404. The Hall–Kier alpha value is -1.62. The van der Waals surface area contributed by atoms with Crippen LogP contribution in [0.2, 0.25) is 5.02 Å². The minimum Gasteiger partial charge on any atom is -0.383 e. The number of hydrogen-bond acceptors (Lipinski definition) is 4. The highest BCUT2D eigenvalue weighted by atomic mass is 35.5. The van der Waals surface area contributed by atoms with E-state index in [2.05, 4.69) is 4.98 Å². The summed E-state index contributed by atoms with van der Waals surface area (Å²) in [6, 6.07) is 1.51. The third kappa shape index (κ3) is 3.21. The lowest BCUT2D eigenvalue weighted by molar-refractivity contribution is -0.389. The quantitative estimate of drug-likeness (QED) is 0.587. The Labute approximate surface area is 92.1 Å². The van der Waals surface area contributed by atoms with Crippen LogP contribution in [0.3, 0.4) is 0 Å². The maximum Gasteiger partial charge on any atom is 0.370 e. The second-order valence-corrected chi connectivity index (χ2v) is 3.54. The average Bonchev–Trinajstić information content (AvgIpc) is 2.14. The number of nitrogens with zero attached hydrogens (tertiary/aromatic N) is 3. The second-order valence-electron chi connectivity index (χ2n) is 3.10. The minimum atomic E-state index is -0.536. The predicted octanol–water partition coefficient (Wildman–Crippen LogP) is 2.18. The monoisotopic (exact) mass is 227 g/mol. The van der Waals surface area contributed by atoms with Crippen molar-refractivity contribution < 1.29 is 4.92 Å². The number of aromatic nitrogens is 1. The van der Waals surface area contributed by atoms with Crippen LogP contribution in [0.1, 0.15) is 5.56 Å². The summed E-state index contributed by atoms with van der Waals surface area (Å²) in [6.07, 6.45) is 4.55. The van der Waals surface area contributed by atoms with Gasteiger partial charge in [-0.15, -0.1) is 0 Å². The Morgan fingerprint density at radius 3 is 2.80 bits per heavy atom. The number of halogens is 1. The Balaban J connectivity index is 3.13. The number of nitro groups is 1. The van der Waals surface area contributed by atoms with E-state index in [4.69, 9.17) is 11.6 Å². The molecule has 0 bridgehead atoms. The van der Waals surface area contributed by atoms with Gasteiger partial charge in [0.05, 0.1) is 10.6 Å². The molecule has 0 aliphatic carbocycles. The molecule has 5 nitrogen and oxygen atoms in total. The van der Waals surface area contributed by atoms with E-state index >= 15 is 0 Å². The third-order valence-electron chi connectivity index (χ3n) is 1.59. The first-order chi connectivity index (χ1) is 7.00. The maximum atomic E-state index is 10.6. The lowest BCUT2D eigenvalue weighted by Gasteiger charge is -2.03. The second kappa shape index (κ2) is 4.75. The molecule has 15 heavy (non-hydrogen) atoms. The van der Waals surface area contributed by atoms with Crippen molar-refractivity contribution in [2.75, 3.05) is 14.1 Å². The molecule has 0 N–H and O–H groups in total. The van der Waals surface area contributed by atoms with Gasteiger partial charge in [0.2, 0.25) is 0 Å². The largest absolute Gasteiger partial charge is 0.383 e. The van der Waals surface area contributed by atoms with Crippen LogP contribution >= 0.6 is 11.6 Å². The summed E-state index contributed by atoms with van der Waals surface area (Å²) in [7, 11) is 3.64. The Morgan fingerprint density at radius 2 is 2.27 bits per heavy atom. The molecule has 0 unspecified atom stereocenters. The molecule has 0 radical (unpaired) electrons. The first-order valence-corrected chi connectivity index (χ1v) is 4.53. The highest BCUT2D eigenvalue weighted by Gasteiger charge is 2.13. The van der Waals surface area contributed by atoms with Crippen molar-refractivity contribution in [1.82, 2.24) is 9.88 Å². The van der Waals surface area contributed by atoms with Crippen LogP contribution in [0.5, 0.6) is 0 Å². The molecule has 0 aromatic carbocycles. The lowest BCUT2D eigenvalue weighted by Crippen LogP contribution is -2.00. The zero-order valence-electron chi connectivity index (χ0n) is 8.35. The SMILES string of the molecule is CN(C)/C=C/c1cc(Cl)cnc1[N+](=O)[O-]. The summed E-state index contributed by atoms with van der Waals surface area (Å²) in [5, 5.41) is 11.0. The normalized spacial score (nSPS) is 10.6. The van der Waals surface area contributed by atoms with Gasteiger partial charge in [-0.3, -0.25) is 0 Å². The van der Waals surface area contributed by atoms with Crippen LogP contribution < -0.4 is 0 Å². The standard InChI is InChI=1S/C9H10ClN3O2/c1-12(2)4-3-7-5-8(10)6-11-9(7)13(14)15/h3-6H,1-2H3/b4-3+. The number of hydrogen-bond donors (Lipinski definition) is 0. The summed E-state index contributed by atoms with van der Waals surface area (Å²) < 4.78 is 0. The highest BCUT2D eigenvalue weighted by Crippen LogP contribution is 2.20. The van der Waals surface area contributed by atoms with Gasteiger partial charge in [0.25, 0.3) is 0 Å². The van der Waals surface area contributed by atoms with E-state index in [0.29, 0.717) is 10.6 Å². The van der Waals surface area contributed by atoms with Gasteiger partial charge >= 0.3 is 5.82 Å². The smallest absolute Gasteiger partial charge is 0.370 e. The summed E-state index contributed by atoms with van der Waals surface area (Å²) in [4.78, 5) is 15.5. The summed E-state index contributed by atoms with van der Waals surface area (Å²) in [6.45, 7) is 0. The van der Waals surface area contributed by atoms with Gasteiger partial charge in [0.1, 0.15) is 0 Å². The van der Waals surface area contributed by atoms with Crippen molar-refractivity contribution in [2.24, 2.45) is 0 Å². The summed E-state index contributed by atoms with van der Waals surface area (Å²) >= 11 is 5.70. The molecule has 1 aromatic heterocycles. The van der Waals surface area contributed by atoms with Crippen molar-refractivity contribution >= 4 is 23.5 Å². The molecular formula is C9H10ClN3O2. The molecule has 0 amide bonds. The fourth-order valence-electron chi connectivity index (χ4n) is 0.952. The fourth-order valence-corrected chi connectivity index (χ4v) is 1.12. The van der Waals surface area contributed by atoms with E-state index in [1.165, 1.54) is 12.3 Å². The first kappa shape index (κ1) is 11.5. The van der Waals surface area contributed by atoms with Crippen LogP contribution in [-0.4, -0.2) is 28.9 Å². The van der Waals surface area contributed by atoms with E-state index in [9.17, 15) is 10.1 Å². The van der Waals surface area contributed by atoms with Crippen molar-refractivity contribution in [1.29, 1.82) is 0 Å². The molecule has 0 aliphatic rings. The highest BCUT2D eigenvalue weighted by molar-refractivity contribution is 6.30. The number of pyridine rings is 1. The van der Waals surface area contributed by atoms with Crippen LogP contribution in [0.4, 0.5) is 5.82 Å². The lowest BCUT2D eigenvalue weighted by atomic mass is 10.2. The third-order valence-corrected chi connectivity index (χ3v) is 1.79. The van der Waals surface area contributed by atoms with Crippen LogP contribution in [0, 0.1) is 10.1 Å².